The summed E-state index contributed by atoms with van der Waals surface area (Å²) >= 11 is -1.40. The Hall–Kier alpha value is -0.370. The van der Waals surface area contributed by atoms with E-state index < -0.39 is 21.6 Å². The van der Waals surface area contributed by atoms with Crippen LogP contribution in [0.1, 0.15) is 12.0 Å². The minimum atomic E-state index is -3.80. The molecule has 3 aliphatic heterocycles. The normalized spacial score (nSPS) is 33.8. The molecule has 1 spiro atoms. The number of methoxy groups -OCH3 is 1. The summed E-state index contributed by atoms with van der Waals surface area (Å²) in [7, 11) is 1.65. The number of carbonyl (C=O) groups is 1. The van der Waals surface area contributed by atoms with Gasteiger partial charge >= 0.3 is 182 Å². The Morgan fingerprint density at radius 1 is 1.36 bits per heavy atom. The minimum absolute atomic E-state index is 0.0507. The zero-order valence-corrected chi connectivity index (χ0v) is 20.3. The predicted octanol–water partition coefficient (Wildman–Crippen LogP) is 2.09. The van der Waals surface area contributed by atoms with Gasteiger partial charge in [0.15, 0.2) is 0 Å². The molecule has 7 nitrogen and oxygen atoms in total. The topological polar surface area (TPSA) is 91.8 Å². The summed E-state index contributed by atoms with van der Waals surface area (Å²) in [4.78, 5) is 12.7. The molecule has 1 unspecified atom stereocenters. The van der Waals surface area contributed by atoms with Crippen molar-refractivity contribution in [3.8, 4) is 5.75 Å². The Morgan fingerprint density at radius 3 is 2.71 bits per heavy atom. The van der Waals surface area contributed by atoms with E-state index in [9.17, 15) is 9.90 Å². The van der Waals surface area contributed by atoms with E-state index in [0.717, 1.165) is 41.7 Å². The monoisotopic (exact) mass is 617 g/mol. The zero-order valence-electron chi connectivity index (χ0n) is 16.0. The second-order valence-corrected chi connectivity index (χ2v) is 24.3. The molecule has 0 radical (unpaired) electrons. The summed E-state index contributed by atoms with van der Waals surface area (Å²) in [5, 5.41) is 20.8. The van der Waals surface area contributed by atoms with Crippen LogP contribution < -0.4 is 20.7 Å². The van der Waals surface area contributed by atoms with Crippen molar-refractivity contribution in [1.82, 2.24) is 16.0 Å². The standard InChI is InChI=1S/C19H29I2N3O4/c1-27-15-4-2-13(3-5-15)8-17-21(9-16(21)20,18(25)12-23-17)28-19(26)24-11-14-6-7-22-10-14/h2-5,14,16-18,22-23,25H,6-12H2,1H3,(H,24,26)/t14-,16?,17+,18-/m0/s1. The fourth-order valence-electron chi connectivity index (χ4n) is 4.22. The van der Waals surface area contributed by atoms with Gasteiger partial charge in [0.1, 0.15) is 0 Å². The number of amides is 1. The first kappa shape index (κ1) is 20.9. The average Bonchev–Trinajstić information content (AvgIpc) is 3.02. The summed E-state index contributed by atoms with van der Waals surface area (Å²) in [5.41, 5.74) is 1.16. The van der Waals surface area contributed by atoms with E-state index in [1.807, 2.05) is 24.3 Å². The van der Waals surface area contributed by atoms with Gasteiger partial charge in [0.25, 0.3) is 0 Å². The van der Waals surface area contributed by atoms with Gasteiger partial charge in [-0.05, 0) is 0 Å². The first-order valence-electron chi connectivity index (χ1n) is 9.65. The van der Waals surface area contributed by atoms with E-state index in [2.05, 4.69) is 38.5 Å². The fourth-order valence-corrected chi connectivity index (χ4v) is 28.9. The van der Waals surface area contributed by atoms with Crippen LogP contribution in [0.4, 0.5) is 4.79 Å². The average molecular weight is 617 g/mol. The molecule has 9 heteroatoms. The number of hydrogen-bond donors (Lipinski definition) is 4. The predicted molar refractivity (Wildman–Crippen MR) is 127 cm³/mol. The molecule has 1 amide bonds. The van der Waals surface area contributed by atoms with Crippen LogP contribution in [-0.2, 0) is 9.49 Å². The first-order valence-corrected chi connectivity index (χ1v) is 17.0. The van der Waals surface area contributed by atoms with Crippen LogP contribution >= 0.6 is 40.1 Å². The number of aliphatic hydroxyl groups is 1. The van der Waals surface area contributed by atoms with Gasteiger partial charge in [-0.2, -0.15) is 0 Å². The maximum absolute atomic E-state index is 12.7. The van der Waals surface area contributed by atoms with Crippen molar-refractivity contribution in [2.45, 2.75) is 22.9 Å². The van der Waals surface area contributed by atoms with Gasteiger partial charge in [-0.15, -0.1) is 0 Å². The second kappa shape index (κ2) is 8.05. The van der Waals surface area contributed by atoms with E-state index in [1.54, 1.807) is 7.11 Å². The van der Waals surface area contributed by atoms with E-state index in [1.165, 1.54) is 0 Å². The number of halogens is 2. The molecule has 3 saturated heterocycles. The second-order valence-electron chi connectivity index (χ2n) is 7.73. The molecule has 28 heavy (non-hydrogen) atoms. The van der Waals surface area contributed by atoms with E-state index in [4.69, 9.17) is 7.80 Å². The molecule has 4 N–H and O–H groups in total. The number of rotatable bonds is 6. The molecule has 0 saturated carbocycles. The molecule has 3 aliphatic rings. The third kappa shape index (κ3) is 3.50. The van der Waals surface area contributed by atoms with Gasteiger partial charge in [-0.1, -0.05) is 0 Å². The number of β-amino-alcohol motifs (C(OH)–C–C–N with tert-alkyl or cyclic N) is 1. The molecule has 3 fully saturated rings. The molecule has 1 aromatic carbocycles. The van der Waals surface area contributed by atoms with Crippen molar-refractivity contribution in [3.63, 3.8) is 0 Å². The van der Waals surface area contributed by atoms with Crippen LogP contribution in [0.5, 0.6) is 5.75 Å². The number of alkyl halides is 5. The third-order valence-electron chi connectivity index (χ3n) is 6.09. The van der Waals surface area contributed by atoms with Crippen LogP contribution in [0.25, 0.3) is 0 Å². The summed E-state index contributed by atoms with van der Waals surface area (Å²) in [6, 6.07) is 7.99. The van der Waals surface area contributed by atoms with Gasteiger partial charge in [0.2, 0.25) is 0 Å². The van der Waals surface area contributed by atoms with Gasteiger partial charge in [-0.25, -0.2) is 0 Å². The molecule has 1 aromatic rings. The van der Waals surface area contributed by atoms with Crippen molar-refractivity contribution in [2.75, 3.05) is 37.7 Å². The Balaban J connectivity index is 1.47. The first-order chi connectivity index (χ1) is 13.5. The van der Waals surface area contributed by atoms with Crippen molar-refractivity contribution >= 4 is 46.1 Å². The summed E-state index contributed by atoms with van der Waals surface area (Å²) in [5.74, 6) is 1.29. The summed E-state index contributed by atoms with van der Waals surface area (Å²) in [6.07, 6.45) is 1.49. The Labute approximate surface area is 181 Å². The number of aliphatic hydroxyl groups excluding tert-OH is 1. The third-order valence-corrected chi connectivity index (χ3v) is 30.0. The summed E-state index contributed by atoms with van der Waals surface area (Å²) < 4.78 is 12.1. The van der Waals surface area contributed by atoms with Gasteiger partial charge < -0.3 is 0 Å². The number of ether oxygens (including phenoxy) is 1. The van der Waals surface area contributed by atoms with Crippen LogP contribution in [0, 0.1) is 5.92 Å². The molecule has 0 aromatic heterocycles. The van der Waals surface area contributed by atoms with E-state index >= 15 is 0 Å². The molecule has 158 valence electrons. The van der Waals surface area contributed by atoms with Gasteiger partial charge in [-0.3, -0.25) is 0 Å². The molecule has 0 aliphatic carbocycles. The van der Waals surface area contributed by atoms with Crippen molar-refractivity contribution in [3.05, 3.63) is 29.8 Å². The van der Waals surface area contributed by atoms with Gasteiger partial charge in [0, 0.05) is 0 Å². The SMILES string of the molecule is COc1ccc(C[C@H]2NC[C@H](O)I23(OC(=O)NC[C@H]2CCNC2)CC3I)cc1. The van der Waals surface area contributed by atoms with Crippen molar-refractivity contribution in [1.29, 1.82) is 0 Å². The maximum atomic E-state index is 12.7. The Morgan fingerprint density at radius 2 is 2.11 bits per heavy atom. The van der Waals surface area contributed by atoms with Crippen LogP contribution in [-0.4, -0.2) is 59.0 Å². The number of hydrogen-bond acceptors (Lipinski definition) is 6. The number of benzene rings is 1. The number of carbonyl (C=O) groups excluding carboxylic acids is 1. The van der Waals surface area contributed by atoms with E-state index in [-0.39, 0.29) is 12.1 Å². The van der Waals surface area contributed by atoms with Crippen LogP contribution in [0.15, 0.2) is 24.3 Å². The molecular formula is C19H29I2N3O4. The Bertz CT molecular complexity index is 730. The fraction of sp³-hybridized carbons (Fsp3) is 0.632. The van der Waals surface area contributed by atoms with Crippen molar-refractivity contribution < 1.29 is 17.7 Å². The van der Waals surface area contributed by atoms with Crippen LogP contribution in [0.3, 0.4) is 0 Å². The quantitative estimate of drug-likeness (QED) is 0.222. The zero-order chi connectivity index (χ0) is 19.8. The summed E-state index contributed by atoms with van der Waals surface area (Å²) in [6.45, 7) is 3.08. The molecule has 4 atom stereocenters. The van der Waals surface area contributed by atoms with Crippen molar-refractivity contribution in [2.24, 2.45) is 5.92 Å². The molecule has 4 rings (SSSR count). The molecule has 0 bridgehead atoms. The van der Waals surface area contributed by atoms with E-state index in [0.29, 0.717) is 19.0 Å². The number of nitrogens with one attached hydrogen (secondary N) is 3. The van der Waals surface area contributed by atoms with Gasteiger partial charge in [0.05, 0.1) is 0 Å². The van der Waals surface area contributed by atoms with Crippen LogP contribution in [0.2, 0.25) is 0 Å². The molecule has 3 heterocycles. The Kier molecular flexibility index (Phi) is 6.00. The molecular weight excluding hydrogens is 588 g/mol.